The lowest BCUT2D eigenvalue weighted by atomic mass is 9.96. The molecular formula is C80H63F18N7O7S. The van der Waals surface area contributed by atoms with Crippen molar-refractivity contribution in [2.24, 2.45) is 0 Å². The number of nitrogens with one attached hydrogen (secondary N) is 4. The zero-order chi connectivity index (χ0) is 81.2. The Morgan fingerprint density at radius 1 is 0.416 bits per heavy atom. The third kappa shape index (κ3) is 18.7. The number of aromatic amines is 3. The SMILES string of the molecule is CC(=O)c1ccccc1-c1ccc2nc(C3CC3c3ccc(OC(C(F)(F)F)C(F)(F)F)cc3)[nH]c2c1.CC(O)c1ccccc1-c1ccc2nc(C3CC3c3ccc(OC(C(F)(F)F)C(F)(F)F)cc3)[nH]c2c1.CS(=O)(=O)Nc1ccccc1-c1ccc2nc(C3CC3c3ccc(OC(C(F)(F)F)C(F)(F)F)cc3)[nH]c2c1. The average molecular weight is 1610 g/mol. The average Bonchev–Trinajstić information content (AvgIpc) is 1.61. The van der Waals surface area contributed by atoms with Crippen molar-refractivity contribution in [1.29, 1.82) is 0 Å². The van der Waals surface area contributed by atoms with Crippen LogP contribution in [0.4, 0.5) is 84.7 Å². The number of benzene rings is 9. The van der Waals surface area contributed by atoms with E-state index in [2.05, 4.69) is 48.8 Å². The van der Waals surface area contributed by atoms with E-state index >= 15 is 0 Å². The molecule has 3 aliphatic carbocycles. The van der Waals surface area contributed by atoms with E-state index in [1.54, 1.807) is 37.3 Å². The molecule has 113 heavy (non-hydrogen) atoms. The van der Waals surface area contributed by atoms with Crippen LogP contribution in [0.2, 0.25) is 0 Å². The van der Waals surface area contributed by atoms with Crippen LogP contribution in [0.15, 0.2) is 200 Å². The van der Waals surface area contributed by atoms with Gasteiger partial charge in [0.2, 0.25) is 10.0 Å². The summed E-state index contributed by atoms with van der Waals surface area (Å²) < 4.78 is 268. The van der Waals surface area contributed by atoms with Gasteiger partial charge in [-0.25, -0.2) is 23.4 Å². The standard InChI is InChI=1S/C27H22F6N2O2.C27H20F6N2O2.C26H21F6N3O3S/c2*1-14(36)18-4-2-3-5-19(18)16-8-11-22-23(12-16)35-24(34-22)21-13-20(21)15-6-9-17(10-7-15)37-25(26(28,29)30)27(31,32)33;1-39(36,37)35-20-5-3-2-4-17(20)15-8-11-21-22(12-15)34-23(33-21)19-13-18(19)14-6-9-16(10-7-14)38-24(25(27,28)29)26(30,31)32/h2-12,14,20-21,25,36H,13H2,1H3,(H,34,35);2-12,20-21,25H,13H2,1H3,(H,34,35);2-12,18-19,24,35H,13H2,1H3,(H,33,34). The van der Waals surface area contributed by atoms with E-state index in [4.69, 9.17) is 0 Å². The highest BCUT2D eigenvalue weighted by Gasteiger charge is 2.61. The molecule has 0 amide bonds. The van der Waals surface area contributed by atoms with Crippen molar-refractivity contribution in [1.82, 2.24) is 29.9 Å². The number of rotatable bonds is 19. The van der Waals surface area contributed by atoms with Crippen molar-refractivity contribution < 1.29 is 112 Å². The van der Waals surface area contributed by atoms with Gasteiger partial charge in [-0.1, -0.05) is 121 Å². The lowest BCUT2D eigenvalue weighted by molar-refractivity contribution is -0.300. The number of halogens is 18. The number of hydrogen-bond donors (Lipinski definition) is 5. The van der Waals surface area contributed by atoms with Crippen molar-refractivity contribution in [3.8, 4) is 50.6 Å². The number of fused-ring (bicyclic) bond motifs is 3. The second kappa shape index (κ2) is 30.4. The van der Waals surface area contributed by atoms with E-state index in [0.29, 0.717) is 34.6 Å². The number of nitrogens with zero attached hydrogens (tertiary/aromatic N) is 3. The smallest absolute Gasteiger partial charge is 0.434 e. The number of imidazole rings is 3. The van der Waals surface area contributed by atoms with Crippen molar-refractivity contribution >= 4 is 54.6 Å². The number of alkyl halides is 18. The number of hydrogen-bond acceptors (Lipinski definition) is 10. The number of Topliss-reactive ketones (excluding diaryl/α,β-unsaturated/α-hetero) is 1. The number of ether oxygens (including phenoxy) is 3. The summed E-state index contributed by atoms with van der Waals surface area (Å²) in [5.74, 6) is 0.728. The summed E-state index contributed by atoms with van der Waals surface area (Å²) in [6.07, 6.45) is -42.5. The molecule has 15 rings (SSSR count). The van der Waals surface area contributed by atoms with Gasteiger partial charge in [-0.3, -0.25) is 9.52 Å². The second-order valence-corrected chi connectivity index (χ2v) is 29.4. The van der Waals surface area contributed by atoms with E-state index in [1.165, 1.54) is 43.3 Å². The van der Waals surface area contributed by atoms with Gasteiger partial charge in [0.05, 0.1) is 51.1 Å². The van der Waals surface area contributed by atoms with Gasteiger partial charge in [0.25, 0.3) is 18.3 Å². The van der Waals surface area contributed by atoms with E-state index < -0.39 is 88.7 Å². The lowest BCUT2D eigenvalue weighted by Gasteiger charge is -2.23. The maximum absolute atomic E-state index is 12.8. The fourth-order valence-electron chi connectivity index (χ4n) is 13.7. The summed E-state index contributed by atoms with van der Waals surface area (Å²) >= 11 is 0. The third-order valence-corrected chi connectivity index (χ3v) is 19.9. The van der Waals surface area contributed by atoms with Gasteiger partial charge in [-0.2, -0.15) is 79.0 Å². The largest absolute Gasteiger partial charge is 0.471 e. The first-order chi connectivity index (χ1) is 53.0. The van der Waals surface area contributed by atoms with E-state index in [0.717, 1.165) is 145 Å². The minimum absolute atomic E-state index is 0.00935. The topological polar surface area (TPSA) is 197 Å². The maximum atomic E-state index is 12.8. The van der Waals surface area contributed by atoms with Crippen molar-refractivity contribution in [2.75, 3.05) is 11.0 Å². The number of para-hydroxylation sites is 1. The first kappa shape index (κ1) is 80.0. The Morgan fingerprint density at radius 3 is 1.04 bits per heavy atom. The summed E-state index contributed by atoms with van der Waals surface area (Å²) in [5, 5.41) is 10.1. The zero-order valence-corrected chi connectivity index (χ0v) is 59.7. The number of aliphatic hydroxyl groups excluding tert-OH is 1. The highest BCUT2D eigenvalue weighted by Crippen LogP contribution is 2.57. The molecule has 3 heterocycles. The molecule has 3 saturated carbocycles. The van der Waals surface area contributed by atoms with Crippen LogP contribution in [-0.2, 0) is 10.0 Å². The van der Waals surface area contributed by atoms with Gasteiger partial charge in [-0.15, -0.1) is 0 Å². The number of ketones is 1. The lowest BCUT2D eigenvalue weighted by Crippen LogP contribution is -2.46. The van der Waals surface area contributed by atoms with Crippen LogP contribution >= 0.6 is 0 Å². The fourth-order valence-corrected chi connectivity index (χ4v) is 14.2. The van der Waals surface area contributed by atoms with Crippen LogP contribution in [0.25, 0.3) is 66.5 Å². The van der Waals surface area contributed by atoms with Crippen molar-refractivity contribution in [2.45, 2.75) is 130 Å². The van der Waals surface area contributed by atoms with Gasteiger partial charge >= 0.3 is 37.1 Å². The Labute approximate surface area is 630 Å². The monoisotopic (exact) mass is 1610 g/mol. The number of anilines is 1. The summed E-state index contributed by atoms with van der Waals surface area (Å²) in [6, 6.07) is 54.4. The highest BCUT2D eigenvalue weighted by atomic mass is 32.2. The molecule has 7 atom stereocenters. The minimum atomic E-state index is -5.59. The Bertz CT molecular complexity index is 5520. The molecule has 0 saturated heterocycles. The van der Waals surface area contributed by atoms with Crippen molar-refractivity contribution in [3.63, 3.8) is 0 Å². The third-order valence-electron chi connectivity index (χ3n) is 19.3. The molecule has 9 aromatic carbocycles. The molecule has 14 nitrogen and oxygen atoms in total. The molecule has 592 valence electrons. The molecule has 0 spiro atoms. The van der Waals surface area contributed by atoms with E-state index in [9.17, 15) is 97.3 Å². The summed E-state index contributed by atoms with van der Waals surface area (Å²) in [5.41, 5.74) is 13.7. The van der Waals surface area contributed by atoms with Crippen molar-refractivity contribution in [3.05, 3.63) is 245 Å². The molecular weight excluding hydrogens is 1540 g/mol. The normalized spacial score (nSPS) is 18.2. The van der Waals surface area contributed by atoms with Gasteiger partial charge in [0.15, 0.2) is 5.78 Å². The molecule has 0 radical (unpaired) electrons. The number of sulfonamides is 1. The Kier molecular flexibility index (Phi) is 21.5. The number of aromatic nitrogens is 6. The van der Waals surface area contributed by atoms with Crippen LogP contribution < -0.4 is 18.9 Å². The highest BCUT2D eigenvalue weighted by molar-refractivity contribution is 7.92. The zero-order valence-electron chi connectivity index (χ0n) is 58.9. The van der Waals surface area contributed by atoms with Crippen LogP contribution in [0.5, 0.6) is 17.2 Å². The predicted octanol–water partition coefficient (Wildman–Crippen LogP) is 21.7. The van der Waals surface area contributed by atoms with Crippen LogP contribution in [0.3, 0.4) is 0 Å². The fraction of sp³-hybridized carbons (Fsp3) is 0.275. The Balaban J connectivity index is 0.000000148. The van der Waals surface area contributed by atoms with Gasteiger partial charge in [0, 0.05) is 28.9 Å². The summed E-state index contributed by atoms with van der Waals surface area (Å²) in [4.78, 5) is 35.9. The minimum Gasteiger partial charge on any atom is -0.471 e. The predicted molar refractivity (Wildman–Crippen MR) is 383 cm³/mol. The van der Waals surface area contributed by atoms with E-state index in [1.807, 2.05) is 97.1 Å². The molecule has 0 aliphatic heterocycles. The summed E-state index contributed by atoms with van der Waals surface area (Å²) in [7, 11) is -3.48. The number of aliphatic hydroxyl groups is 1. The second-order valence-electron chi connectivity index (χ2n) is 27.6. The first-order valence-electron chi connectivity index (χ1n) is 34.7. The molecule has 7 unspecified atom stereocenters. The van der Waals surface area contributed by atoms with E-state index in [-0.39, 0.29) is 41.3 Å². The van der Waals surface area contributed by atoms with Gasteiger partial charge in [0.1, 0.15) is 34.7 Å². The molecule has 0 bridgehead atoms. The molecule has 33 heteroatoms. The van der Waals surface area contributed by atoms with Crippen LogP contribution in [0, 0.1) is 0 Å². The van der Waals surface area contributed by atoms with Gasteiger partial charge < -0.3 is 34.3 Å². The van der Waals surface area contributed by atoms with Crippen LogP contribution in [0.1, 0.15) is 125 Å². The molecule has 3 aromatic heterocycles. The number of H-pyrrole nitrogens is 3. The maximum Gasteiger partial charge on any atom is 0.434 e. The Morgan fingerprint density at radius 2 is 0.717 bits per heavy atom. The number of carbonyl (C=O) groups is 1. The molecule has 5 N–H and O–H groups in total. The first-order valence-corrected chi connectivity index (χ1v) is 36.6. The van der Waals surface area contributed by atoms with Crippen LogP contribution in [-0.4, -0.2) is 111 Å². The summed E-state index contributed by atoms with van der Waals surface area (Å²) in [6.45, 7) is 3.23. The number of carbonyl (C=O) groups excluding carboxylic acids is 1. The Hall–Kier alpha value is -11.1. The quantitative estimate of drug-likeness (QED) is 0.0384. The molecule has 3 aliphatic rings. The van der Waals surface area contributed by atoms with Gasteiger partial charge in [-0.05, 0) is 180 Å². The molecule has 3 fully saturated rings. The molecule has 12 aromatic rings.